The Morgan fingerprint density at radius 2 is 1.75 bits per heavy atom. The molecule has 5 heteroatoms. The number of nitrogens with one attached hydrogen (secondary N) is 1. The van der Waals surface area contributed by atoms with Gasteiger partial charge in [-0.2, -0.15) is 0 Å². The second kappa shape index (κ2) is 8.59. The first-order chi connectivity index (χ1) is 11.6. The van der Waals surface area contributed by atoms with Crippen LogP contribution in [0.5, 0.6) is 0 Å². The summed E-state index contributed by atoms with van der Waals surface area (Å²) in [5, 5.41) is 3.87. The topological polar surface area (TPSA) is 21.3 Å². The molecule has 0 spiro atoms. The van der Waals surface area contributed by atoms with Crippen molar-refractivity contribution in [2.45, 2.75) is 56.9 Å². The maximum atomic E-state index is 14.1. The Hall–Kier alpha value is -0.710. The summed E-state index contributed by atoms with van der Waals surface area (Å²) in [4.78, 5) is 0. The average molecular weight is 358 g/mol. The van der Waals surface area contributed by atoms with Crippen LogP contribution < -0.4 is 5.32 Å². The molecule has 0 amide bonds. The summed E-state index contributed by atoms with van der Waals surface area (Å²) in [7, 11) is 0. The minimum atomic E-state index is -0.603. The van der Waals surface area contributed by atoms with E-state index in [1.807, 2.05) is 0 Å². The first-order valence-electron chi connectivity index (χ1n) is 9.09. The zero-order valence-corrected chi connectivity index (χ0v) is 14.8. The van der Waals surface area contributed by atoms with Crippen LogP contribution in [-0.2, 0) is 4.74 Å². The molecule has 0 radical (unpaired) electrons. The highest BCUT2D eigenvalue weighted by atomic mass is 35.5. The Bertz CT molecular complexity index is 517. The van der Waals surface area contributed by atoms with Crippen molar-refractivity contribution in [3.63, 3.8) is 0 Å². The molecule has 0 bridgehead atoms. The van der Waals surface area contributed by atoms with Gasteiger partial charge in [-0.15, -0.1) is 0 Å². The standard InChI is InChI=1S/C19H26ClF2NO/c20-17-11-15(21)12-18(22)19(17)14-3-1-13(2-4-14)5-8-23-16-6-9-24-10-7-16/h11-14,16,23H,1-10H2/t13-,14-. The van der Waals surface area contributed by atoms with Crippen LogP contribution in [0.1, 0.15) is 56.4 Å². The highest BCUT2D eigenvalue weighted by Crippen LogP contribution is 2.40. The Morgan fingerprint density at radius 1 is 1.04 bits per heavy atom. The fourth-order valence-electron chi connectivity index (χ4n) is 4.08. The summed E-state index contributed by atoms with van der Waals surface area (Å²) < 4.78 is 32.6. The zero-order valence-electron chi connectivity index (χ0n) is 14.0. The van der Waals surface area contributed by atoms with Crippen LogP contribution in [0.2, 0.25) is 5.02 Å². The lowest BCUT2D eigenvalue weighted by molar-refractivity contribution is 0.0775. The summed E-state index contributed by atoms with van der Waals surface area (Å²) in [5.74, 6) is -0.285. The predicted molar refractivity (Wildman–Crippen MR) is 92.5 cm³/mol. The van der Waals surface area contributed by atoms with Crippen molar-refractivity contribution in [2.24, 2.45) is 5.92 Å². The molecule has 1 aliphatic heterocycles. The molecule has 1 saturated heterocycles. The molecule has 2 aliphatic rings. The number of ether oxygens (including phenoxy) is 1. The fraction of sp³-hybridized carbons (Fsp3) is 0.684. The van der Waals surface area contributed by atoms with Crippen LogP contribution in [0.15, 0.2) is 12.1 Å². The Labute approximate surface area is 147 Å². The van der Waals surface area contributed by atoms with Crippen molar-refractivity contribution in [3.8, 4) is 0 Å². The van der Waals surface area contributed by atoms with Gasteiger partial charge in [0, 0.05) is 35.9 Å². The SMILES string of the molecule is Fc1cc(F)c([C@H]2CC[C@H](CCNC3CCOCC3)CC2)c(Cl)c1. The van der Waals surface area contributed by atoms with Gasteiger partial charge in [0.2, 0.25) is 0 Å². The molecule has 24 heavy (non-hydrogen) atoms. The second-order valence-electron chi connectivity index (χ2n) is 7.13. The number of hydrogen-bond donors (Lipinski definition) is 1. The Balaban J connectivity index is 1.44. The molecule has 2 fully saturated rings. The maximum Gasteiger partial charge on any atom is 0.131 e. The van der Waals surface area contributed by atoms with E-state index in [1.54, 1.807) is 0 Å². The van der Waals surface area contributed by atoms with Gasteiger partial charge in [0.15, 0.2) is 0 Å². The van der Waals surface area contributed by atoms with Crippen molar-refractivity contribution >= 4 is 11.6 Å². The molecule has 1 aliphatic carbocycles. The average Bonchev–Trinajstić information content (AvgIpc) is 2.56. The van der Waals surface area contributed by atoms with Gasteiger partial charge in [-0.25, -0.2) is 8.78 Å². The molecule has 0 unspecified atom stereocenters. The number of rotatable bonds is 5. The molecule has 134 valence electrons. The Kier molecular flexibility index (Phi) is 6.48. The monoisotopic (exact) mass is 357 g/mol. The van der Waals surface area contributed by atoms with E-state index < -0.39 is 11.6 Å². The fourth-order valence-corrected chi connectivity index (χ4v) is 4.43. The normalized spacial score (nSPS) is 25.8. The minimum absolute atomic E-state index is 0.123. The van der Waals surface area contributed by atoms with Gasteiger partial charge in [0.1, 0.15) is 11.6 Å². The maximum absolute atomic E-state index is 14.1. The largest absolute Gasteiger partial charge is 0.381 e. The summed E-state index contributed by atoms with van der Waals surface area (Å²) in [5.41, 5.74) is 0.511. The third kappa shape index (κ3) is 4.68. The molecule has 2 nitrogen and oxygen atoms in total. The van der Waals surface area contributed by atoms with Crippen LogP contribution in [0, 0.1) is 17.6 Å². The van der Waals surface area contributed by atoms with Gasteiger partial charge in [0.25, 0.3) is 0 Å². The van der Waals surface area contributed by atoms with E-state index in [0.717, 1.165) is 64.3 Å². The van der Waals surface area contributed by atoms with Crippen molar-refractivity contribution < 1.29 is 13.5 Å². The zero-order chi connectivity index (χ0) is 16.9. The van der Waals surface area contributed by atoms with E-state index in [1.165, 1.54) is 12.5 Å². The molecule has 1 aromatic carbocycles. The van der Waals surface area contributed by atoms with E-state index in [4.69, 9.17) is 16.3 Å². The molecule has 1 aromatic rings. The Morgan fingerprint density at radius 3 is 2.42 bits per heavy atom. The van der Waals surface area contributed by atoms with Gasteiger partial charge in [-0.05, 0) is 69.4 Å². The molecule has 3 rings (SSSR count). The molecule has 1 heterocycles. The van der Waals surface area contributed by atoms with Crippen molar-refractivity contribution in [1.82, 2.24) is 5.32 Å². The molecule has 0 aromatic heterocycles. The molecule has 1 saturated carbocycles. The van der Waals surface area contributed by atoms with E-state index in [2.05, 4.69) is 5.32 Å². The van der Waals surface area contributed by atoms with Crippen LogP contribution in [0.25, 0.3) is 0 Å². The van der Waals surface area contributed by atoms with Crippen LogP contribution in [0.4, 0.5) is 8.78 Å². The number of hydrogen-bond acceptors (Lipinski definition) is 2. The van der Waals surface area contributed by atoms with E-state index in [-0.39, 0.29) is 10.9 Å². The van der Waals surface area contributed by atoms with Crippen LogP contribution in [-0.4, -0.2) is 25.8 Å². The lowest BCUT2D eigenvalue weighted by atomic mass is 9.77. The smallest absolute Gasteiger partial charge is 0.131 e. The number of halogens is 3. The summed E-state index contributed by atoms with van der Waals surface area (Å²) in [6, 6.07) is 2.77. The summed E-state index contributed by atoms with van der Waals surface area (Å²) in [6.45, 7) is 2.78. The molecular weight excluding hydrogens is 332 g/mol. The van der Waals surface area contributed by atoms with E-state index in [0.29, 0.717) is 17.5 Å². The first kappa shape index (κ1) is 18.1. The third-order valence-electron chi connectivity index (χ3n) is 5.51. The summed E-state index contributed by atoms with van der Waals surface area (Å²) >= 11 is 6.07. The number of benzene rings is 1. The minimum Gasteiger partial charge on any atom is -0.381 e. The second-order valence-corrected chi connectivity index (χ2v) is 7.54. The molecule has 0 atom stereocenters. The highest BCUT2D eigenvalue weighted by molar-refractivity contribution is 6.31. The third-order valence-corrected chi connectivity index (χ3v) is 5.82. The lowest BCUT2D eigenvalue weighted by Crippen LogP contribution is -2.36. The van der Waals surface area contributed by atoms with Gasteiger partial charge < -0.3 is 10.1 Å². The van der Waals surface area contributed by atoms with Gasteiger partial charge in [-0.3, -0.25) is 0 Å². The van der Waals surface area contributed by atoms with Crippen molar-refractivity contribution in [1.29, 1.82) is 0 Å². The van der Waals surface area contributed by atoms with Gasteiger partial charge >= 0.3 is 0 Å². The quantitative estimate of drug-likeness (QED) is 0.796. The van der Waals surface area contributed by atoms with Crippen molar-refractivity contribution in [3.05, 3.63) is 34.4 Å². The van der Waals surface area contributed by atoms with Gasteiger partial charge in [0.05, 0.1) is 0 Å². The van der Waals surface area contributed by atoms with Crippen LogP contribution in [0.3, 0.4) is 0 Å². The summed E-state index contributed by atoms with van der Waals surface area (Å²) in [6.07, 6.45) is 7.43. The molecule has 1 N–H and O–H groups in total. The van der Waals surface area contributed by atoms with Crippen molar-refractivity contribution in [2.75, 3.05) is 19.8 Å². The van der Waals surface area contributed by atoms with Crippen LogP contribution >= 0.6 is 11.6 Å². The highest BCUT2D eigenvalue weighted by Gasteiger charge is 2.26. The van der Waals surface area contributed by atoms with E-state index >= 15 is 0 Å². The first-order valence-corrected chi connectivity index (χ1v) is 9.47. The van der Waals surface area contributed by atoms with Gasteiger partial charge in [-0.1, -0.05) is 11.6 Å². The van der Waals surface area contributed by atoms with E-state index in [9.17, 15) is 8.78 Å². The lowest BCUT2D eigenvalue weighted by Gasteiger charge is -2.30. The predicted octanol–water partition coefficient (Wildman–Crippen LogP) is 5.05. The molecular formula is C19H26ClF2NO.